The van der Waals surface area contributed by atoms with Crippen molar-refractivity contribution in [3.63, 3.8) is 0 Å². The summed E-state index contributed by atoms with van der Waals surface area (Å²) in [5.41, 5.74) is 5.91. The highest BCUT2D eigenvalue weighted by Gasteiger charge is 2.14. The first-order chi connectivity index (χ1) is 6.86. The fourth-order valence-corrected chi connectivity index (χ4v) is 1.81. The summed E-state index contributed by atoms with van der Waals surface area (Å²) in [5, 5.41) is 0. The van der Waals surface area contributed by atoms with E-state index in [1.54, 1.807) is 12.4 Å². The average molecular weight is 192 g/mol. The smallest absolute Gasteiger partial charge is 0.147 e. The van der Waals surface area contributed by atoms with E-state index in [-0.39, 0.29) is 0 Å². The second-order valence-corrected chi connectivity index (χ2v) is 3.74. The van der Waals surface area contributed by atoms with Gasteiger partial charge >= 0.3 is 0 Å². The van der Waals surface area contributed by atoms with Crippen molar-refractivity contribution in [1.82, 2.24) is 9.97 Å². The molecular weight excluding hydrogens is 176 g/mol. The average Bonchev–Trinajstić information content (AvgIpc) is 2.44. The van der Waals surface area contributed by atoms with E-state index in [4.69, 9.17) is 5.73 Å². The van der Waals surface area contributed by atoms with E-state index >= 15 is 0 Å². The minimum absolute atomic E-state index is 0.358. The van der Waals surface area contributed by atoms with Crippen LogP contribution in [0.3, 0.4) is 0 Å². The van der Waals surface area contributed by atoms with Gasteiger partial charge in [0.2, 0.25) is 0 Å². The number of nitrogens with zero attached hydrogens (tertiary/aromatic N) is 3. The highest BCUT2D eigenvalue weighted by Crippen LogP contribution is 2.14. The first-order valence-corrected chi connectivity index (χ1v) is 5.13. The number of hydrogen-bond acceptors (Lipinski definition) is 4. The number of rotatable bonds is 1. The zero-order valence-electron chi connectivity index (χ0n) is 8.26. The van der Waals surface area contributed by atoms with Crippen LogP contribution in [0.25, 0.3) is 0 Å². The van der Waals surface area contributed by atoms with E-state index < -0.39 is 0 Å². The molecule has 0 aliphatic carbocycles. The van der Waals surface area contributed by atoms with Crippen LogP contribution in [0.15, 0.2) is 18.6 Å². The molecule has 1 aliphatic rings. The summed E-state index contributed by atoms with van der Waals surface area (Å²) in [5.74, 6) is 0.974. The van der Waals surface area contributed by atoms with Gasteiger partial charge in [-0.15, -0.1) is 0 Å². The first kappa shape index (κ1) is 9.40. The largest absolute Gasteiger partial charge is 0.355 e. The molecule has 1 unspecified atom stereocenters. The molecule has 0 amide bonds. The number of nitrogens with two attached hydrogens (primary N) is 1. The fourth-order valence-electron chi connectivity index (χ4n) is 1.81. The summed E-state index contributed by atoms with van der Waals surface area (Å²) >= 11 is 0. The predicted octanol–water partition coefficient (Wildman–Crippen LogP) is 0.794. The number of anilines is 1. The molecule has 0 saturated carbocycles. The lowest BCUT2D eigenvalue weighted by Gasteiger charge is -2.20. The van der Waals surface area contributed by atoms with Gasteiger partial charge in [-0.3, -0.25) is 4.98 Å². The van der Waals surface area contributed by atoms with Crippen molar-refractivity contribution in [2.75, 3.05) is 18.0 Å². The van der Waals surface area contributed by atoms with Crippen LogP contribution in [0, 0.1) is 0 Å². The van der Waals surface area contributed by atoms with E-state index in [0.29, 0.717) is 6.04 Å². The van der Waals surface area contributed by atoms with E-state index in [2.05, 4.69) is 14.9 Å². The molecule has 0 bridgehead atoms. The summed E-state index contributed by atoms with van der Waals surface area (Å²) in [6, 6.07) is 0.358. The molecule has 1 aromatic heterocycles. The number of hydrogen-bond donors (Lipinski definition) is 1. The van der Waals surface area contributed by atoms with Crippen LogP contribution < -0.4 is 10.6 Å². The first-order valence-electron chi connectivity index (χ1n) is 5.13. The molecule has 1 aliphatic heterocycles. The van der Waals surface area contributed by atoms with Crippen molar-refractivity contribution in [2.45, 2.75) is 25.3 Å². The normalized spacial score (nSPS) is 23.2. The Balaban J connectivity index is 2.04. The maximum absolute atomic E-state index is 5.91. The van der Waals surface area contributed by atoms with Crippen molar-refractivity contribution in [3.8, 4) is 0 Å². The standard InChI is InChI=1S/C10H16N4/c11-9-2-1-6-14(7-3-9)10-8-12-4-5-13-10/h4-5,8-9H,1-3,6-7,11H2. The Bertz CT molecular complexity index is 275. The van der Waals surface area contributed by atoms with Crippen LogP contribution in [-0.4, -0.2) is 29.1 Å². The molecule has 2 heterocycles. The molecule has 1 fully saturated rings. The van der Waals surface area contributed by atoms with E-state index in [0.717, 1.165) is 38.2 Å². The van der Waals surface area contributed by atoms with Gasteiger partial charge in [0.15, 0.2) is 0 Å². The summed E-state index contributed by atoms with van der Waals surface area (Å²) in [6.07, 6.45) is 8.58. The Labute approximate surface area is 84.2 Å². The Kier molecular flexibility index (Phi) is 2.93. The highest BCUT2D eigenvalue weighted by molar-refractivity contribution is 5.34. The van der Waals surface area contributed by atoms with Crippen molar-refractivity contribution in [1.29, 1.82) is 0 Å². The zero-order valence-corrected chi connectivity index (χ0v) is 8.26. The lowest BCUT2D eigenvalue weighted by Crippen LogP contribution is -2.27. The maximum atomic E-state index is 5.91. The molecule has 0 radical (unpaired) electrons. The molecule has 2 N–H and O–H groups in total. The molecule has 76 valence electrons. The van der Waals surface area contributed by atoms with Gasteiger partial charge in [-0.2, -0.15) is 0 Å². The maximum Gasteiger partial charge on any atom is 0.147 e. The van der Waals surface area contributed by atoms with Gasteiger partial charge in [0.25, 0.3) is 0 Å². The molecular formula is C10H16N4. The molecule has 2 rings (SSSR count). The van der Waals surface area contributed by atoms with Crippen LogP contribution in [-0.2, 0) is 0 Å². The Morgan fingerprint density at radius 1 is 1.29 bits per heavy atom. The predicted molar refractivity (Wildman–Crippen MR) is 56.1 cm³/mol. The van der Waals surface area contributed by atoms with Crippen LogP contribution in [0.1, 0.15) is 19.3 Å². The SMILES string of the molecule is NC1CCCN(c2cnccn2)CC1. The van der Waals surface area contributed by atoms with E-state index in [1.165, 1.54) is 0 Å². The monoisotopic (exact) mass is 192 g/mol. The zero-order chi connectivity index (χ0) is 9.80. The van der Waals surface area contributed by atoms with Crippen molar-refractivity contribution >= 4 is 5.82 Å². The lowest BCUT2D eigenvalue weighted by molar-refractivity contribution is 0.601. The molecule has 1 saturated heterocycles. The van der Waals surface area contributed by atoms with Gasteiger partial charge in [-0.25, -0.2) is 4.98 Å². The highest BCUT2D eigenvalue weighted by atomic mass is 15.2. The summed E-state index contributed by atoms with van der Waals surface area (Å²) in [7, 11) is 0. The topological polar surface area (TPSA) is 55.0 Å². The molecule has 0 aromatic carbocycles. The molecule has 4 nitrogen and oxygen atoms in total. The Morgan fingerprint density at radius 2 is 2.21 bits per heavy atom. The van der Waals surface area contributed by atoms with Crippen LogP contribution in [0.2, 0.25) is 0 Å². The fraction of sp³-hybridized carbons (Fsp3) is 0.600. The van der Waals surface area contributed by atoms with E-state index in [9.17, 15) is 0 Å². The molecule has 4 heteroatoms. The van der Waals surface area contributed by atoms with Crippen molar-refractivity contribution < 1.29 is 0 Å². The summed E-state index contributed by atoms with van der Waals surface area (Å²) in [6.45, 7) is 2.05. The quantitative estimate of drug-likeness (QED) is 0.715. The van der Waals surface area contributed by atoms with Crippen molar-refractivity contribution in [2.24, 2.45) is 5.73 Å². The third kappa shape index (κ3) is 2.20. The van der Waals surface area contributed by atoms with Crippen LogP contribution in [0.5, 0.6) is 0 Å². The lowest BCUT2D eigenvalue weighted by atomic mass is 10.1. The minimum atomic E-state index is 0.358. The summed E-state index contributed by atoms with van der Waals surface area (Å²) < 4.78 is 0. The third-order valence-corrected chi connectivity index (χ3v) is 2.65. The van der Waals surface area contributed by atoms with Crippen LogP contribution in [0.4, 0.5) is 5.82 Å². The molecule has 14 heavy (non-hydrogen) atoms. The van der Waals surface area contributed by atoms with Crippen LogP contribution >= 0.6 is 0 Å². The molecule has 1 aromatic rings. The number of aromatic nitrogens is 2. The Hall–Kier alpha value is -1.16. The van der Waals surface area contributed by atoms with Gasteiger partial charge in [-0.1, -0.05) is 0 Å². The second kappa shape index (κ2) is 4.37. The van der Waals surface area contributed by atoms with Crippen molar-refractivity contribution in [3.05, 3.63) is 18.6 Å². The third-order valence-electron chi connectivity index (χ3n) is 2.65. The minimum Gasteiger partial charge on any atom is -0.355 e. The van der Waals surface area contributed by atoms with Gasteiger partial charge in [0, 0.05) is 31.5 Å². The molecule has 1 atom stereocenters. The second-order valence-electron chi connectivity index (χ2n) is 3.74. The molecule has 0 spiro atoms. The van der Waals surface area contributed by atoms with Gasteiger partial charge in [0.1, 0.15) is 5.82 Å². The van der Waals surface area contributed by atoms with Gasteiger partial charge < -0.3 is 10.6 Å². The van der Waals surface area contributed by atoms with E-state index in [1.807, 2.05) is 6.20 Å². The summed E-state index contributed by atoms with van der Waals surface area (Å²) in [4.78, 5) is 10.6. The van der Waals surface area contributed by atoms with Gasteiger partial charge in [0.05, 0.1) is 6.20 Å². The Morgan fingerprint density at radius 3 is 3.00 bits per heavy atom. The van der Waals surface area contributed by atoms with Gasteiger partial charge in [-0.05, 0) is 19.3 Å².